The van der Waals surface area contributed by atoms with Gasteiger partial charge >= 0.3 is 5.97 Å². The van der Waals surface area contributed by atoms with E-state index in [1.807, 2.05) is 6.07 Å². The molecule has 24 heavy (non-hydrogen) atoms. The van der Waals surface area contributed by atoms with Crippen molar-refractivity contribution in [3.05, 3.63) is 59.9 Å². The Morgan fingerprint density at radius 2 is 1.96 bits per heavy atom. The molecule has 0 aliphatic heterocycles. The summed E-state index contributed by atoms with van der Waals surface area (Å²) in [6.45, 7) is 1.42. The van der Waals surface area contributed by atoms with Gasteiger partial charge in [0.2, 0.25) is 5.91 Å². The van der Waals surface area contributed by atoms with E-state index < -0.39 is 5.97 Å². The van der Waals surface area contributed by atoms with E-state index in [1.54, 1.807) is 48.8 Å². The van der Waals surface area contributed by atoms with Crippen LogP contribution in [0.4, 0.5) is 5.69 Å². The van der Waals surface area contributed by atoms with Crippen LogP contribution in [0.3, 0.4) is 0 Å². The molecular weight excluding hydrogens is 306 g/mol. The third-order valence-corrected chi connectivity index (χ3v) is 3.53. The molecule has 3 rings (SSSR count). The molecule has 1 amide bonds. The largest absolute Gasteiger partial charge is 0.478 e. The minimum Gasteiger partial charge on any atom is -0.478 e. The van der Waals surface area contributed by atoms with Crippen molar-refractivity contribution < 1.29 is 14.7 Å². The van der Waals surface area contributed by atoms with Gasteiger partial charge in [0.05, 0.1) is 11.3 Å². The number of amides is 1. The van der Waals surface area contributed by atoms with Crippen molar-refractivity contribution in [3.63, 3.8) is 0 Å². The molecule has 0 saturated heterocycles. The molecule has 0 aliphatic rings. The van der Waals surface area contributed by atoms with Crippen molar-refractivity contribution in [2.45, 2.75) is 6.92 Å². The van der Waals surface area contributed by atoms with Crippen LogP contribution in [-0.4, -0.2) is 27.0 Å². The van der Waals surface area contributed by atoms with Crippen LogP contribution in [0.5, 0.6) is 0 Å². The lowest BCUT2D eigenvalue weighted by Gasteiger charge is -2.06. The Morgan fingerprint density at radius 3 is 2.62 bits per heavy atom. The molecular formula is C18H15N3O3. The fraction of sp³-hybridized carbons (Fsp3) is 0.0556. The maximum atomic E-state index is 11.7. The van der Waals surface area contributed by atoms with E-state index in [0.29, 0.717) is 27.8 Å². The zero-order valence-corrected chi connectivity index (χ0v) is 12.9. The van der Waals surface area contributed by atoms with Gasteiger partial charge in [0.1, 0.15) is 5.65 Å². The van der Waals surface area contributed by atoms with Crippen LogP contribution >= 0.6 is 0 Å². The Hall–Kier alpha value is -3.41. The lowest BCUT2D eigenvalue weighted by molar-refractivity contribution is -0.130. The topological polar surface area (TPSA) is 95.1 Å². The van der Waals surface area contributed by atoms with Gasteiger partial charge < -0.3 is 15.4 Å². The number of hydrogen-bond donors (Lipinski definition) is 3. The normalized spacial score (nSPS) is 11.5. The highest BCUT2D eigenvalue weighted by Gasteiger charge is 2.14. The number of aromatic nitrogens is 2. The Bertz CT molecular complexity index is 943. The second-order valence-corrected chi connectivity index (χ2v) is 5.24. The van der Waals surface area contributed by atoms with Crippen LogP contribution in [0, 0.1) is 0 Å². The van der Waals surface area contributed by atoms with Crippen LogP contribution in [0.2, 0.25) is 0 Å². The number of nitrogens with one attached hydrogen (secondary N) is 2. The second-order valence-electron chi connectivity index (χ2n) is 5.24. The van der Waals surface area contributed by atoms with Gasteiger partial charge in [-0.15, -0.1) is 0 Å². The van der Waals surface area contributed by atoms with Gasteiger partial charge in [0, 0.05) is 30.3 Å². The molecule has 120 valence electrons. The maximum absolute atomic E-state index is 11.7. The number of fused-ring (bicyclic) bond motifs is 1. The third-order valence-electron chi connectivity index (χ3n) is 3.53. The van der Waals surface area contributed by atoms with Crippen molar-refractivity contribution >= 4 is 40.2 Å². The maximum Gasteiger partial charge on any atom is 0.336 e. The van der Waals surface area contributed by atoms with Crippen LogP contribution in [0.1, 0.15) is 18.1 Å². The number of H-pyrrole nitrogens is 1. The molecule has 2 heterocycles. The first-order valence-electron chi connectivity index (χ1n) is 7.30. The summed E-state index contributed by atoms with van der Waals surface area (Å²) in [5, 5.41) is 13.0. The van der Waals surface area contributed by atoms with E-state index in [0.717, 1.165) is 0 Å². The summed E-state index contributed by atoms with van der Waals surface area (Å²) in [4.78, 5) is 30.3. The zero-order valence-electron chi connectivity index (χ0n) is 12.9. The predicted molar refractivity (Wildman–Crippen MR) is 92.3 cm³/mol. The fourth-order valence-electron chi connectivity index (χ4n) is 2.53. The van der Waals surface area contributed by atoms with Crippen molar-refractivity contribution in [3.8, 4) is 0 Å². The van der Waals surface area contributed by atoms with Crippen LogP contribution in [-0.2, 0) is 9.59 Å². The number of hydrogen-bond acceptors (Lipinski definition) is 3. The average molecular weight is 321 g/mol. The van der Waals surface area contributed by atoms with Gasteiger partial charge in [-0.1, -0.05) is 30.3 Å². The van der Waals surface area contributed by atoms with Crippen LogP contribution in [0.25, 0.3) is 22.7 Å². The van der Waals surface area contributed by atoms with Crippen molar-refractivity contribution in [1.29, 1.82) is 0 Å². The van der Waals surface area contributed by atoms with Gasteiger partial charge in [0.15, 0.2) is 0 Å². The molecule has 0 fully saturated rings. The molecule has 0 atom stereocenters. The smallest absolute Gasteiger partial charge is 0.336 e. The third kappa shape index (κ3) is 3.03. The van der Waals surface area contributed by atoms with E-state index in [-0.39, 0.29) is 11.5 Å². The number of benzene rings is 1. The molecule has 3 aromatic rings. The molecule has 0 spiro atoms. The first-order valence-corrected chi connectivity index (χ1v) is 7.30. The Kier molecular flexibility index (Phi) is 4.11. The number of carboxylic acid groups (broad SMARTS) is 1. The second kappa shape index (κ2) is 6.37. The molecule has 6 heteroatoms. The number of carbonyl (C=O) groups excluding carboxylic acids is 1. The number of pyridine rings is 1. The number of aliphatic carboxylic acids is 1. The van der Waals surface area contributed by atoms with Crippen molar-refractivity contribution in [2.75, 3.05) is 5.32 Å². The number of aromatic amines is 1. The number of carbonyl (C=O) groups is 2. The minimum atomic E-state index is -1.03. The molecule has 1 aromatic carbocycles. The monoisotopic (exact) mass is 321 g/mol. The molecule has 0 aliphatic carbocycles. The average Bonchev–Trinajstić information content (AvgIpc) is 2.97. The Balaban J connectivity index is 2.18. The highest BCUT2D eigenvalue weighted by atomic mass is 16.4. The zero-order chi connectivity index (χ0) is 17.1. The summed E-state index contributed by atoms with van der Waals surface area (Å²) in [7, 11) is 0. The van der Waals surface area contributed by atoms with E-state index in [9.17, 15) is 14.7 Å². The summed E-state index contributed by atoms with van der Waals surface area (Å²) in [6, 6.07) is 10.5. The highest BCUT2D eigenvalue weighted by molar-refractivity contribution is 6.22. The molecule has 0 bridgehead atoms. The van der Waals surface area contributed by atoms with E-state index in [2.05, 4.69) is 15.3 Å². The number of nitrogens with zero attached hydrogens (tertiary/aromatic N) is 1. The van der Waals surface area contributed by atoms with E-state index >= 15 is 0 Å². The molecule has 3 N–H and O–H groups in total. The summed E-state index contributed by atoms with van der Waals surface area (Å²) in [5.41, 5.74) is 2.56. The summed E-state index contributed by atoms with van der Waals surface area (Å²) < 4.78 is 0. The molecule has 0 radical (unpaired) electrons. The van der Waals surface area contributed by atoms with Gasteiger partial charge in [-0.3, -0.25) is 4.79 Å². The number of rotatable bonds is 4. The summed E-state index contributed by atoms with van der Waals surface area (Å²) >= 11 is 0. The lowest BCUT2D eigenvalue weighted by atomic mass is 10.0. The van der Waals surface area contributed by atoms with Crippen LogP contribution in [0.15, 0.2) is 48.8 Å². The summed E-state index contributed by atoms with van der Waals surface area (Å²) in [5.74, 6) is -1.24. The first-order chi connectivity index (χ1) is 11.6. The fourth-order valence-corrected chi connectivity index (χ4v) is 2.53. The molecule has 6 nitrogen and oxygen atoms in total. The quantitative estimate of drug-likeness (QED) is 0.643. The van der Waals surface area contributed by atoms with E-state index in [1.165, 1.54) is 6.92 Å². The number of carboxylic acids is 1. The molecule has 0 unspecified atom stereocenters. The SMILES string of the molecule is CC(=O)Nc1ccnc2[nH]cc(/C=C(/C(=O)O)c3ccccc3)c12. The molecule has 2 aromatic heterocycles. The van der Waals surface area contributed by atoms with Crippen molar-refractivity contribution in [1.82, 2.24) is 9.97 Å². The predicted octanol–water partition coefficient (Wildman–Crippen LogP) is 3.15. The minimum absolute atomic E-state index is 0.161. The molecule has 0 saturated carbocycles. The van der Waals surface area contributed by atoms with Crippen LogP contribution < -0.4 is 5.32 Å². The van der Waals surface area contributed by atoms with Gasteiger partial charge in [-0.2, -0.15) is 0 Å². The van der Waals surface area contributed by atoms with Gasteiger partial charge in [0.25, 0.3) is 0 Å². The highest BCUT2D eigenvalue weighted by Crippen LogP contribution is 2.29. The van der Waals surface area contributed by atoms with E-state index in [4.69, 9.17) is 0 Å². The number of anilines is 1. The van der Waals surface area contributed by atoms with Gasteiger partial charge in [-0.05, 0) is 17.7 Å². The summed E-state index contributed by atoms with van der Waals surface area (Å²) in [6.07, 6.45) is 4.82. The Labute approximate surface area is 137 Å². The first kappa shape index (κ1) is 15.5. The van der Waals surface area contributed by atoms with Crippen molar-refractivity contribution in [2.24, 2.45) is 0 Å². The lowest BCUT2D eigenvalue weighted by Crippen LogP contribution is -2.06. The Morgan fingerprint density at radius 1 is 1.21 bits per heavy atom. The van der Waals surface area contributed by atoms with Gasteiger partial charge in [-0.25, -0.2) is 9.78 Å². The standard InChI is InChI=1S/C18H15N3O3/c1-11(22)21-15-7-8-19-17-16(15)13(10-20-17)9-14(18(23)24)12-5-3-2-4-6-12/h2-10H,1H3,(H,23,24)(H2,19,20,21,22)/b14-9+.